The molecule has 140 valence electrons. The summed E-state index contributed by atoms with van der Waals surface area (Å²) in [7, 11) is 0. The Bertz CT molecular complexity index is 593. The largest absolute Gasteiger partial charge is 0.459 e. The highest BCUT2D eigenvalue weighted by Gasteiger charge is 2.63. The SMILES string of the molecule is CCC(C)(C)C(=O)OC(C)(C)CC(=O)OC1C2CC3C(=O)OC1C3C2. The lowest BCUT2D eigenvalue weighted by Gasteiger charge is -2.31. The Morgan fingerprint density at radius 3 is 2.52 bits per heavy atom. The highest BCUT2D eigenvalue weighted by molar-refractivity contribution is 5.78. The van der Waals surface area contributed by atoms with Gasteiger partial charge in [-0.05, 0) is 47.0 Å². The monoisotopic (exact) mass is 352 g/mol. The number of hydrogen-bond acceptors (Lipinski definition) is 6. The van der Waals surface area contributed by atoms with Crippen molar-refractivity contribution in [3.63, 3.8) is 0 Å². The summed E-state index contributed by atoms with van der Waals surface area (Å²) in [6, 6.07) is 0. The Balaban J connectivity index is 1.56. The third kappa shape index (κ3) is 3.27. The summed E-state index contributed by atoms with van der Waals surface area (Å²) in [5.41, 5.74) is -1.52. The second kappa shape index (κ2) is 5.99. The standard InChI is InChI=1S/C19H28O6/c1-6-18(2,3)17(22)25-19(4,5)9-13(20)23-14-10-7-11-12(8-10)16(21)24-15(11)14/h10-12,14-15H,6-9H2,1-5H3. The number of hydrogen-bond donors (Lipinski definition) is 0. The smallest absolute Gasteiger partial charge is 0.312 e. The van der Waals surface area contributed by atoms with Gasteiger partial charge in [0.25, 0.3) is 0 Å². The van der Waals surface area contributed by atoms with E-state index < -0.39 is 17.0 Å². The van der Waals surface area contributed by atoms with E-state index in [0.29, 0.717) is 6.42 Å². The summed E-state index contributed by atoms with van der Waals surface area (Å²) < 4.78 is 16.6. The summed E-state index contributed by atoms with van der Waals surface area (Å²) in [4.78, 5) is 36.4. The van der Waals surface area contributed by atoms with Crippen LogP contribution in [0.1, 0.15) is 60.3 Å². The lowest BCUT2D eigenvalue weighted by atomic mass is 9.88. The minimum Gasteiger partial charge on any atom is -0.459 e. The molecule has 0 spiro atoms. The first-order chi connectivity index (χ1) is 11.5. The van der Waals surface area contributed by atoms with E-state index in [2.05, 4.69) is 0 Å². The van der Waals surface area contributed by atoms with Gasteiger partial charge in [-0.25, -0.2) is 0 Å². The van der Waals surface area contributed by atoms with Crippen molar-refractivity contribution in [2.75, 3.05) is 0 Å². The molecule has 6 nitrogen and oxygen atoms in total. The van der Waals surface area contributed by atoms with Gasteiger partial charge in [0.05, 0.1) is 17.8 Å². The van der Waals surface area contributed by atoms with Gasteiger partial charge in [0.15, 0.2) is 0 Å². The molecule has 1 saturated heterocycles. The molecular weight excluding hydrogens is 324 g/mol. The minimum atomic E-state index is -0.937. The van der Waals surface area contributed by atoms with E-state index in [4.69, 9.17) is 14.2 Å². The number of ether oxygens (including phenoxy) is 3. The van der Waals surface area contributed by atoms with Gasteiger partial charge in [-0.3, -0.25) is 14.4 Å². The molecule has 0 aromatic carbocycles. The van der Waals surface area contributed by atoms with Crippen LogP contribution in [-0.2, 0) is 28.6 Å². The minimum absolute atomic E-state index is 0.00127. The van der Waals surface area contributed by atoms with Crippen molar-refractivity contribution in [2.24, 2.45) is 23.2 Å². The zero-order chi connectivity index (χ0) is 18.6. The third-order valence-corrected chi connectivity index (χ3v) is 6.06. The highest BCUT2D eigenvalue weighted by Crippen LogP contribution is 2.55. The van der Waals surface area contributed by atoms with Crippen LogP contribution >= 0.6 is 0 Å². The number of esters is 3. The molecule has 5 unspecified atom stereocenters. The first-order valence-electron chi connectivity index (χ1n) is 9.17. The Hall–Kier alpha value is -1.59. The first-order valence-corrected chi connectivity index (χ1v) is 9.17. The lowest BCUT2D eigenvalue weighted by molar-refractivity contribution is -0.176. The molecule has 6 heteroatoms. The zero-order valence-electron chi connectivity index (χ0n) is 15.7. The quantitative estimate of drug-likeness (QED) is 0.540. The van der Waals surface area contributed by atoms with Crippen molar-refractivity contribution >= 4 is 17.9 Å². The van der Waals surface area contributed by atoms with Crippen LogP contribution in [0.5, 0.6) is 0 Å². The molecule has 3 fully saturated rings. The van der Waals surface area contributed by atoms with Crippen LogP contribution < -0.4 is 0 Å². The molecular formula is C19H28O6. The van der Waals surface area contributed by atoms with Crippen molar-refractivity contribution < 1.29 is 28.6 Å². The number of carbonyl (C=O) groups is 3. The van der Waals surface area contributed by atoms with Gasteiger partial charge in [0.2, 0.25) is 0 Å². The molecule has 25 heavy (non-hydrogen) atoms. The van der Waals surface area contributed by atoms with Gasteiger partial charge in [0, 0.05) is 11.8 Å². The summed E-state index contributed by atoms with van der Waals surface area (Å²) in [6.07, 6.45) is 1.65. The maximum atomic E-state index is 12.4. The van der Waals surface area contributed by atoms with E-state index in [0.717, 1.165) is 12.8 Å². The lowest BCUT2D eigenvalue weighted by Crippen LogP contribution is -2.40. The normalized spacial score (nSPS) is 33.3. The van der Waals surface area contributed by atoms with E-state index in [-0.39, 0.29) is 48.3 Å². The van der Waals surface area contributed by atoms with Gasteiger partial charge in [-0.15, -0.1) is 0 Å². The van der Waals surface area contributed by atoms with Crippen LogP contribution in [0.2, 0.25) is 0 Å². The Labute approximate surface area is 148 Å². The van der Waals surface area contributed by atoms with E-state index in [9.17, 15) is 14.4 Å². The predicted octanol–water partition coefficient (Wildman–Crippen LogP) is 2.63. The van der Waals surface area contributed by atoms with Crippen LogP contribution in [-0.4, -0.2) is 35.7 Å². The molecule has 0 radical (unpaired) electrons. The fourth-order valence-electron chi connectivity index (χ4n) is 4.18. The molecule has 2 aliphatic carbocycles. The van der Waals surface area contributed by atoms with E-state index in [1.54, 1.807) is 13.8 Å². The fraction of sp³-hybridized carbons (Fsp3) is 0.842. The number of rotatable bonds is 6. The summed E-state index contributed by atoms with van der Waals surface area (Å²) in [5, 5.41) is 0. The van der Waals surface area contributed by atoms with Gasteiger partial charge in [-0.1, -0.05) is 6.92 Å². The molecule has 1 heterocycles. The van der Waals surface area contributed by atoms with Crippen LogP contribution in [0, 0.1) is 23.2 Å². The second-order valence-electron chi connectivity index (χ2n) is 8.92. The molecule has 5 atom stereocenters. The molecule has 1 aliphatic heterocycles. The van der Waals surface area contributed by atoms with Crippen molar-refractivity contribution in [1.29, 1.82) is 0 Å². The summed E-state index contributed by atoms with van der Waals surface area (Å²) >= 11 is 0. The van der Waals surface area contributed by atoms with E-state index >= 15 is 0 Å². The van der Waals surface area contributed by atoms with E-state index in [1.807, 2.05) is 20.8 Å². The molecule has 2 bridgehead atoms. The predicted molar refractivity (Wildman–Crippen MR) is 88.3 cm³/mol. The van der Waals surface area contributed by atoms with Gasteiger partial charge >= 0.3 is 17.9 Å². The second-order valence-corrected chi connectivity index (χ2v) is 8.92. The van der Waals surface area contributed by atoms with Gasteiger partial charge in [0.1, 0.15) is 17.8 Å². The Kier molecular flexibility index (Phi) is 4.36. The summed E-state index contributed by atoms with van der Waals surface area (Å²) in [6.45, 7) is 9.00. The first kappa shape index (κ1) is 18.2. The van der Waals surface area contributed by atoms with Crippen LogP contribution in [0.25, 0.3) is 0 Å². The van der Waals surface area contributed by atoms with Crippen molar-refractivity contribution in [2.45, 2.75) is 78.1 Å². The molecule has 0 N–H and O–H groups in total. The van der Waals surface area contributed by atoms with Crippen LogP contribution in [0.3, 0.4) is 0 Å². The van der Waals surface area contributed by atoms with Gasteiger partial charge in [-0.2, -0.15) is 0 Å². The van der Waals surface area contributed by atoms with Crippen LogP contribution in [0.4, 0.5) is 0 Å². The van der Waals surface area contributed by atoms with Gasteiger partial charge < -0.3 is 14.2 Å². The number of carbonyl (C=O) groups excluding carboxylic acids is 3. The third-order valence-electron chi connectivity index (χ3n) is 6.06. The average molecular weight is 352 g/mol. The maximum Gasteiger partial charge on any atom is 0.312 e. The highest BCUT2D eigenvalue weighted by atomic mass is 16.6. The maximum absolute atomic E-state index is 12.4. The van der Waals surface area contributed by atoms with E-state index in [1.165, 1.54) is 0 Å². The zero-order valence-corrected chi connectivity index (χ0v) is 15.7. The Morgan fingerprint density at radius 2 is 1.88 bits per heavy atom. The summed E-state index contributed by atoms with van der Waals surface area (Å²) in [5.74, 6) is -0.471. The fourth-order valence-corrected chi connectivity index (χ4v) is 4.18. The van der Waals surface area contributed by atoms with Crippen molar-refractivity contribution in [3.8, 4) is 0 Å². The van der Waals surface area contributed by atoms with Crippen molar-refractivity contribution in [3.05, 3.63) is 0 Å². The molecule has 3 rings (SSSR count). The van der Waals surface area contributed by atoms with Crippen LogP contribution in [0.15, 0.2) is 0 Å². The molecule has 0 amide bonds. The topological polar surface area (TPSA) is 78.9 Å². The Morgan fingerprint density at radius 1 is 1.20 bits per heavy atom. The molecule has 0 aromatic heterocycles. The molecule has 2 saturated carbocycles. The average Bonchev–Trinajstić information content (AvgIpc) is 3.10. The molecule has 3 aliphatic rings. The molecule has 0 aromatic rings. The van der Waals surface area contributed by atoms with Crippen molar-refractivity contribution in [1.82, 2.24) is 0 Å². The number of fused-ring (bicyclic) bond motifs is 1.